The van der Waals surface area contributed by atoms with Crippen molar-refractivity contribution in [1.82, 2.24) is 0 Å². The van der Waals surface area contributed by atoms with E-state index in [1.54, 1.807) is 0 Å². The number of aliphatic hydroxyl groups is 1. The number of aromatic amines is 1. The molecule has 2 aliphatic rings. The van der Waals surface area contributed by atoms with Gasteiger partial charge >= 0.3 is 0 Å². The van der Waals surface area contributed by atoms with Gasteiger partial charge in [-0.3, -0.25) is 5.32 Å². The molecule has 1 aromatic heterocycles. The van der Waals surface area contributed by atoms with Gasteiger partial charge in [-0.1, -0.05) is 6.92 Å². The fourth-order valence-electron chi connectivity index (χ4n) is 3.80. The minimum atomic E-state index is -0.0701. The van der Waals surface area contributed by atoms with E-state index >= 15 is 0 Å². The van der Waals surface area contributed by atoms with E-state index in [1.165, 1.54) is 10.5 Å². The maximum Gasteiger partial charge on any atom is 0.237 e. The molecule has 3 rings (SSSR count). The van der Waals surface area contributed by atoms with Crippen molar-refractivity contribution in [3.8, 4) is 6.07 Å². The van der Waals surface area contributed by atoms with Crippen molar-refractivity contribution < 1.29 is 19.7 Å². The molecular weight excluding hydrogens is 330 g/mol. The quantitative estimate of drug-likeness (QED) is 0.536. The molecule has 1 unspecified atom stereocenters. The summed E-state index contributed by atoms with van der Waals surface area (Å²) in [5, 5.41) is 26.2. The lowest BCUT2D eigenvalue weighted by Gasteiger charge is -2.25. The van der Waals surface area contributed by atoms with E-state index in [4.69, 9.17) is 4.74 Å². The third kappa shape index (κ3) is 4.09. The number of likely N-dealkylation sites (N-methyl/N-ethyl adjacent to an activating group) is 1. The highest BCUT2D eigenvalue weighted by atomic mass is 16.5. The monoisotopic (exact) mass is 361 g/mol. The van der Waals surface area contributed by atoms with Crippen molar-refractivity contribution in [2.24, 2.45) is 0 Å². The summed E-state index contributed by atoms with van der Waals surface area (Å²) in [7, 11) is 2.18. The minimum Gasteiger partial charge on any atom is -0.393 e. The normalized spacial score (nSPS) is 23.2. The summed E-state index contributed by atoms with van der Waals surface area (Å²) in [5.74, 6) is 1.69. The van der Waals surface area contributed by atoms with Gasteiger partial charge in [0.25, 0.3) is 0 Å². The van der Waals surface area contributed by atoms with Crippen LogP contribution in [0, 0.1) is 11.3 Å². The smallest absolute Gasteiger partial charge is 0.237 e. The number of nitrogens with zero attached hydrogens (tertiary/aromatic N) is 1. The summed E-state index contributed by atoms with van der Waals surface area (Å²) in [6.45, 7) is 5.59. The molecule has 0 saturated carbocycles. The first kappa shape index (κ1) is 18.9. The van der Waals surface area contributed by atoms with Crippen molar-refractivity contribution in [2.45, 2.75) is 51.3 Å². The van der Waals surface area contributed by atoms with E-state index in [0.717, 1.165) is 63.3 Å². The number of rotatable bonds is 7. The van der Waals surface area contributed by atoms with Gasteiger partial charge in [0, 0.05) is 13.0 Å². The molecular formula is C19H31N5O2+2. The first-order valence-electron chi connectivity index (χ1n) is 9.71. The molecule has 1 aromatic rings. The van der Waals surface area contributed by atoms with Gasteiger partial charge < -0.3 is 20.1 Å². The third-order valence-corrected chi connectivity index (χ3v) is 5.45. The second-order valence-electron chi connectivity index (χ2n) is 7.40. The van der Waals surface area contributed by atoms with Crippen LogP contribution < -0.4 is 20.5 Å². The van der Waals surface area contributed by atoms with Gasteiger partial charge in [0.1, 0.15) is 18.2 Å². The van der Waals surface area contributed by atoms with E-state index in [2.05, 4.69) is 28.7 Å². The molecule has 142 valence electrons. The Labute approximate surface area is 155 Å². The number of aliphatic hydroxyl groups excluding tert-OH is 1. The van der Waals surface area contributed by atoms with Crippen molar-refractivity contribution in [2.75, 3.05) is 44.0 Å². The minimum absolute atomic E-state index is 0.0395. The Morgan fingerprint density at radius 3 is 2.92 bits per heavy atom. The van der Waals surface area contributed by atoms with Gasteiger partial charge in [-0.05, 0) is 24.8 Å². The number of pyridine rings is 1. The van der Waals surface area contributed by atoms with Crippen LogP contribution in [-0.4, -0.2) is 50.6 Å². The van der Waals surface area contributed by atoms with Crippen molar-refractivity contribution in [3.05, 3.63) is 16.7 Å². The predicted molar refractivity (Wildman–Crippen MR) is 99.1 cm³/mol. The molecule has 0 aromatic carbocycles. The number of hydrogen-bond donors (Lipinski definition) is 4. The summed E-state index contributed by atoms with van der Waals surface area (Å²) < 4.78 is 5.73. The van der Waals surface area contributed by atoms with E-state index in [0.29, 0.717) is 11.4 Å². The Kier molecular flexibility index (Phi) is 6.30. The molecule has 7 nitrogen and oxygen atoms in total. The molecule has 3 atom stereocenters. The predicted octanol–water partition coefficient (Wildman–Crippen LogP) is -0.283. The summed E-state index contributed by atoms with van der Waals surface area (Å²) in [6.07, 6.45) is 4.14. The van der Waals surface area contributed by atoms with Crippen LogP contribution in [-0.2, 0) is 17.7 Å². The maximum absolute atomic E-state index is 9.77. The van der Waals surface area contributed by atoms with Crippen molar-refractivity contribution in [1.29, 1.82) is 5.26 Å². The average Bonchev–Trinajstić information content (AvgIpc) is 3.17. The zero-order valence-electron chi connectivity index (χ0n) is 15.8. The number of H-pyrrole nitrogens is 1. The van der Waals surface area contributed by atoms with E-state index in [-0.39, 0.29) is 18.8 Å². The summed E-state index contributed by atoms with van der Waals surface area (Å²) in [5.41, 5.74) is 3.01. The second kappa shape index (κ2) is 8.67. The topological polar surface area (TPSA) is 95.9 Å². The SMILES string of the molecule is CC[C@@H](CO)Nc1[nH+]c(NC[C@H]2CCCO2)c2c(c1C#N)CC[NH+](C)C2. The Bertz CT molecular complexity index is 663. The molecule has 1 saturated heterocycles. The number of ether oxygens (including phenoxy) is 1. The first-order valence-corrected chi connectivity index (χ1v) is 9.71. The molecule has 1 fully saturated rings. The lowest BCUT2D eigenvalue weighted by Crippen LogP contribution is -3.08. The fourth-order valence-corrected chi connectivity index (χ4v) is 3.80. The average molecular weight is 361 g/mol. The number of hydrogen-bond acceptors (Lipinski definition) is 5. The number of aromatic nitrogens is 1. The van der Waals surface area contributed by atoms with Crippen LogP contribution in [0.5, 0.6) is 0 Å². The van der Waals surface area contributed by atoms with Gasteiger partial charge in [0.2, 0.25) is 11.6 Å². The highest BCUT2D eigenvalue weighted by Gasteiger charge is 2.30. The molecule has 0 bridgehead atoms. The molecule has 5 N–H and O–H groups in total. The van der Waals surface area contributed by atoms with E-state index < -0.39 is 0 Å². The fraction of sp³-hybridized carbons (Fsp3) is 0.684. The number of nitrogens with one attached hydrogen (secondary N) is 4. The Morgan fingerprint density at radius 1 is 1.42 bits per heavy atom. The van der Waals surface area contributed by atoms with Crippen LogP contribution in [0.3, 0.4) is 0 Å². The molecule has 0 amide bonds. The Balaban J connectivity index is 1.93. The number of nitriles is 1. The third-order valence-electron chi connectivity index (χ3n) is 5.45. The van der Waals surface area contributed by atoms with Gasteiger partial charge in [-0.25, -0.2) is 4.98 Å². The molecule has 0 radical (unpaired) electrons. The first-order chi connectivity index (χ1) is 12.7. The highest BCUT2D eigenvalue weighted by Crippen LogP contribution is 2.26. The van der Waals surface area contributed by atoms with Crippen molar-refractivity contribution >= 4 is 11.6 Å². The number of quaternary nitrogens is 1. The lowest BCUT2D eigenvalue weighted by molar-refractivity contribution is -0.895. The molecule has 3 heterocycles. The van der Waals surface area contributed by atoms with Crippen LogP contribution in [0.2, 0.25) is 0 Å². The Morgan fingerprint density at radius 2 is 2.27 bits per heavy atom. The van der Waals surface area contributed by atoms with Gasteiger partial charge in [0.15, 0.2) is 0 Å². The maximum atomic E-state index is 9.77. The second-order valence-corrected chi connectivity index (χ2v) is 7.40. The number of anilines is 2. The molecule has 26 heavy (non-hydrogen) atoms. The molecule has 0 aliphatic carbocycles. The van der Waals surface area contributed by atoms with Crippen molar-refractivity contribution in [3.63, 3.8) is 0 Å². The molecule has 2 aliphatic heterocycles. The van der Waals surface area contributed by atoms with Crippen LogP contribution in [0.25, 0.3) is 0 Å². The standard InChI is InChI=1S/C19H29N5O2/c1-3-13(12-25)22-19-16(9-20)15-6-7-24(2)11-17(15)18(23-19)21-10-14-5-4-8-26-14/h13-14,25H,3-8,10-12H2,1-2H3,(H2,21,22,23)/p+2/t13-,14+/m0/s1. The van der Waals surface area contributed by atoms with Gasteiger partial charge in [0.05, 0.1) is 44.5 Å². The van der Waals surface area contributed by atoms with E-state index in [1.807, 2.05) is 6.92 Å². The van der Waals surface area contributed by atoms with Crippen LogP contribution in [0.15, 0.2) is 0 Å². The zero-order chi connectivity index (χ0) is 18.5. The number of fused-ring (bicyclic) bond motifs is 1. The van der Waals surface area contributed by atoms with Crippen LogP contribution in [0.1, 0.15) is 42.9 Å². The van der Waals surface area contributed by atoms with Gasteiger partial charge in [-0.15, -0.1) is 0 Å². The van der Waals surface area contributed by atoms with E-state index in [9.17, 15) is 10.4 Å². The Hall–Kier alpha value is -1.88. The summed E-state index contributed by atoms with van der Waals surface area (Å²) in [6, 6.07) is 2.31. The summed E-state index contributed by atoms with van der Waals surface area (Å²) in [4.78, 5) is 4.85. The zero-order valence-corrected chi connectivity index (χ0v) is 15.8. The lowest BCUT2D eigenvalue weighted by atomic mass is 9.95. The van der Waals surface area contributed by atoms with Crippen LogP contribution in [0.4, 0.5) is 11.6 Å². The molecule has 7 heteroatoms. The molecule has 0 spiro atoms. The highest BCUT2D eigenvalue weighted by molar-refractivity contribution is 5.61. The summed E-state index contributed by atoms with van der Waals surface area (Å²) >= 11 is 0. The van der Waals surface area contributed by atoms with Crippen LogP contribution >= 0.6 is 0 Å². The van der Waals surface area contributed by atoms with Gasteiger partial charge in [-0.2, -0.15) is 5.26 Å². The largest absolute Gasteiger partial charge is 0.393 e.